The predicted molar refractivity (Wildman–Crippen MR) is 156 cm³/mol. The molecular weight excluding hydrogens is 508 g/mol. The number of piperidine rings is 1. The number of aromatic nitrogens is 1. The van der Waals surface area contributed by atoms with E-state index in [0.717, 1.165) is 54.1 Å². The van der Waals surface area contributed by atoms with E-state index in [2.05, 4.69) is 20.5 Å². The van der Waals surface area contributed by atoms with Crippen LogP contribution in [-0.2, 0) is 22.6 Å². The fraction of sp³-hybridized carbons (Fsp3) is 0.367. The third kappa shape index (κ3) is 7.93. The van der Waals surface area contributed by atoms with Crippen LogP contribution >= 0.6 is 0 Å². The van der Waals surface area contributed by atoms with Crippen molar-refractivity contribution in [3.05, 3.63) is 78.0 Å². The largest absolute Gasteiger partial charge is 0.395 e. The van der Waals surface area contributed by atoms with E-state index in [1.807, 2.05) is 60.7 Å². The molecule has 0 bridgehead atoms. The molecule has 10 heteroatoms. The molecule has 0 atom stereocenters. The molecule has 2 amide bonds. The van der Waals surface area contributed by atoms with Gasteiger partial charge < -0.3 is 36.4 Å². The minimum absolute atomic E-state index is 0.00859. The monoisotopic (exact) mass is 546 g/mol. The summed E-state index contributed by atoms with van der Waals surface area (Å²) in [6, 6.07) is 20.0. The average molecular weight is 547 g/mol. The van der Waals surface area contributed by atoms with Crippen LogP contribution in [0.25, 0.3) is 0 Å². The summed E-state index contributed by atoms with van der Waals surface area (Å²) in [5.74, 6) is 0.144. The minimum atomic E-state index is -0.415. The van der Waals surface area contributed by atoms with E-state index in [0.29, 0.717) is 12.4 Å². The first-order valence-corrected chi connectivity index (χ1v) is 13.6. The molecule has 0 saturated carbocycles. The molecule has 1 saturated heterocycles. The molecule has 1 aliphatic heterocycles. The minimum Gasteiger partial charge on any atom is -0.395 e. The van der Waals surface area contributed by atoms with Crippen LogP contribution in [0.15, 0.2) is 66.9 Å². The summed E-state index contributed by atoms with van der Waals surface area (Å²) in [6.45, 7) is 2.41. The van der Waals surface area contributed by atoms with Gasteiger partial charge in [0.25, 0.3) is 0 Å². The van der Waals surface area contributed by atoms with Crippen LogP contribution in [0.5, 0.6) is 0 Å². The maximum absolute atomic E-state index is 12.8. The Kier molecular flexibility index (Phi) is 10.3. The van der Waals surface area contributed by atoms with Gasteiger partial charge in [-0.15, -0.1) is 0 Å². The zero-order chi connectivity index (χ0) is 28.3. The van der Waals surface area contributed by atoms with Gasteiger partial charge in [-0.25, -0.2) is 4.98 Å². The number of benzene rings is 2. The van der Waals surface area contributed by atoms with E-state index in [4.69, 9.17) is 5.73 Å². The van der Waals surface area contributed by atoms with Crippen molar-refractivity contribution < 1.29 is 19.8 Å². The van der Waals surface area contributed by atoms with E-state index in [1.54, 1.807) is 11.1 Å². The number of pyridine rings is 1. The normalized spacial score (nSPS) is 13.6. The van der Waals surface area contributed by atoms with Crippen LogP contribution in [0.3, 0.4) is 0 Å². The zero-order valence-corrected chi connectivity index (χ0v) is 22.6. The van der Waals surface area contributed by atoms with Crippen molar-refractivity contribution in [2.75, 3.05) is 54.9 Å². The van der Waals surface area contributed by atoms with Gasteiger partial charge >= 0.3 is 0 Å². The molecule has 4 rings (SSSR count). The van der Waals surface area contributed by atoms with Crippen molar-refractivity contribution in [1.82, 2.24) is 9.88 Å². The lowest BCUT2D eigenvalue weighted by molar-refractivity contribution is -0.137. The number of hydrogen-bond acceptors (Lipinski definition) is 8. The standard InChI is InChI=1S/C30H38N6O4/c31-28(39)18-24-21-33-29(19-27(24)32-20-22-4-2-1-3-5-22)34-25-6-8-26(9-7-25)35-12-10-23(11-13-35)30(40)36(14-16-37)15-17-38/h1-9,19,21,23,37-38H,10-18,20H2,(H2,31,39)(H2,32,33,34). The second-order valence-electron chi connectivity index (χ2n) is 9.91. The van der Waals surface area contributed by atoms with Crippen molar-refractivity contribution in [1.29, 1.82) is 0 Å². The van der Waals surface area contributed by atoms with Gasteiger partial charge in [-0.2, -0.15) is 0 Å². The molecule has 2 heterocycles. The highest BCUT2D eigenvalue weighted by Gasteiger charge is 2.28. The van der Waals surface area contributed by atoms with E-state index < -0.39 is 5.91 Å². The highest BCUT2D eigenvalue weighted by Crippen LogP contribution is 2.28. The number of carbonyl (C=O) groups is 2. The molecule has 3 aromatic rings. The molecule has 1 aromatic heterocycles. The Morgan fingerprint density at radius 2 is 1.68 bits per heavy atom. The Morgan fingerprint density at radius 1 is 1.00 bits per heavy atom. The van der Waals surface area contributed by atoms with Gasteiger partial charge in [0.2, 0.25) is 11.8 Å². The Morgan fingerprint density at radius 3 is 2.30 bits per heavy atom. The maximum atomic E-state index is 12.8. The van der Waals surface area contributed by atoms with E-state index in [9.17, 15) is 19.8 Å². The molecule has 0 aliphatic carbocycles. The molecule has 0 spiro atoms. The first-order valence-electron chi connectivity index (χ1n) is 13.6. The summed E-state index contributed by atoms with van der Waals surface area (Å²) in [5.41, 5.74) is 10.1. The number of nitrogens with one attached hydrogen (secondary N) is 2. The van der Waals surface area contributed by atoms with E-state index in [-0.39, 0.29) is 44.5 Å². The average Bonchev–Trinajstić information content (AvgIpc) is 2.97. The number of nitrogens with two attached hydrogens (primary N) is 1. The predicted octanol–water partition coefficient (Wildman–Crippen LogP) is 2.49. The van der Waals surface area contributed by atoms with Gasteiger partial charge in [0.1, 0.15) is 5.82 Å². The molecule has 40 heavy (non-hydrogen) atoms. The molecule has 1 aliphatic rings. The van der Waals surface area contributed by atoms with Crippen LogP contribution in [0.1, 0.15) is 24.0 Å². The molecule has 2 aromatic carbocycles. The molecule has 1 fully saturated rings. The second-order valence-corrected chi connectivity index (χ2v) is 9.91. The summed E-state index contributed by atoms with van der Waals surface area (Å²) in [5, 5.41) is 25.2. The molecule has 6 N–H and O–H groups in total. The summed E-state index contributed by atoms with van der Waals surface area (Å²) in [6.07, 6.45) is 3.23. The summed E-state index contributed by atoms with van der Waals surface area (Å²) < 4.78 is 0. The number of aliphatic hydroxyl groups excluding tert-OH is 2. The fourth-order valence-corrected chi connectivity index (χ4v) is 4.96. The van der Waals surface area contributed by atoms with Crippen molar-refractivity contribution in [2.24, 2.45) is 11.7 Å². The van der Waals surface area contributed by atoms with Crippen LogP contribution in [0.2, 0.25) is 0 Å². The molecule has 0 unspecified atom stereocenters. The fourth-order valence-electron chi connectivity index (χ4n) is 4.96. The van der Waals surface area contributed by atoms with Crippen LogP contribution < -0.4 is 21.3 Å². The zero-order valence-electron chi connectivity index (χ0n) is 22.6. The number of primary amides is 1. The molecule has 212 valence electrons. The van der Waals surface area contributed by atoms with Crippen molar-refractivity contribution in [3.63, 3.8) is 0 Å². The number of amides is 2. The third-order valence-electron chi connectivity index (χ3n) is 7.08. The summed E-state index contributed by atoms with van der Waals surface area (Å²) >= 11 is 0. The number of anilines is 4. The number of aliphatic hydroxyl groups is 2. The van der Waals surface area contributed by atoms with Crippen LogP contribution in [0, 0.1) is 5.92 Å². The third-order valence-corrected chi connectivity index (χ3v) is 7.08. The first kappa shape index (κ1) is 28.8. The number of hydrogen-bond donors (Lipinski definition) is 5. The Hall–Kier alpha value is -4.15. The number of nitrogens with zero attached hydrogens (tertiary/aromatic N) is 3. The van der Waals surface area contributed by atoms with Crippen LogP contribution in [-0.4, -0.2) is 71.3 Å². The van der Waals surface area contributed by atoms with Gasteiger partial charge in [0.05, 0.1) is 19.6 Å². The van der Waals surface area contributed by atoms with E-state index >= 15 is 0 Å². The Labute approximate surface area is 234 Å². The van der Waals surface area contributed by atoms with Gasteiger partial charge in [0.15, 0.2) is 0 Å². The second kappa shape index (κ2) is 14.3. The summed E-state index contributed by atoms with van der Waals surface area (Å²) in [4.78, 5) is 32.7. The first-order chi connectivity index (χ1) is 19.5. The molecule has 10 nitrogen and oxygen atoms in total. The van der Waals surface area contributed by atoms with E-state index in [1.165, 1.54) is 0 Å². The topological polar surface area (TPSA) is 144 Å². The number of rotatable bonds is 13. The van der Waals surface area contributed by atoms with Crippen molar-refractivity contribution >= 4 is 34.7 Å². The lowest BCUT2D eigenvalue weighted by Crippen LogP contribution is -2.44. The Bertz CT molecular complexity index is 1240. The van der Waals surface area contributed by atoms with Crippen molar-refractivity contribution in [3.8, 4) is 0 Å². The lowest BCUT2D eigenvalue weighted by Gasteiger charge is -2.35. The van der Waals surface area contributed by atoms with Crippen molar-refractivity contribution in [2.45, 2.75) is 25.8 Å². The van der Waals surface area contributed by atoms with Gasteiger partial charge in [-0.05, 0) is 42.7 Å². The number of carbonyl (C=O) groups excluding carboxylic acids is 2. The van der Waals surface area contributed by atoms with Gasteiger partial charge in [-0.1, -0.05) is 30.3 Å². The van der Waals surface area contributed by atoms with Gasteiger partial charge in [-0.3, -0.25) is 9.59 Å². The van der Waals surface area contributed by atoms with Crippen LogP contribution in [0.4, 0.5) is 22.9 Å². The SMILES string of the molecule is NC(=O)Cc1cnc(Nc2ccc(N3CCC(C(=O)N(CCO)CCO)CC3)cc2)cc1NCc1ccccc1. The van der Waals surface area contributed by atoms with Gasteiger partial charge in [0, 0.05) is 73.5 Å². The molecule has 0 radical (unpaired) electrons. The summed E-state index contributed by atoms with van der Waals surface area (Å²) in [7, 11) is 0. The quantitative estimate of drug-likeness (QED) is 0.220. The highest BCUT2D eigenvalue weighted by molar-refractivity contribution is 5.80. The molecular formula is C30H38N6O4. The highest BCUT2D eigenvalue weighted by atomic mass is 16.3. The smallest absolute Gasteiger partial charge is 0.225 e. The maximum Gasteiger partial charge on any atom is 0.225 e. The Balaban J connectivity index is 1.36. The lowest BCUT2D eigenvalue weighted by atomic mass is 9.94.